The van der Waals surface area contributed by atoms with Crippen molar-refractivity contribution in [2.45, 2.75) is 19.3 Å². The van der Waals surface area contributed by atoms with E-state index in [0.29, 0.717) is 5.92 Å². The molecule has 0 saturated carbocycles. The molecule has 3 aromatic rings. The fourth-order valence-corrected chi connectivity index (χ4v) is 2.81. The molecule has 1 unspecified atom stereocenters. The van der Waals surface area contributed by atoms with E-state index in [1.165, 1.54) is 5.56 Å². The van der Waals surface area contributed by atoms with Gasteiger partial charge in [0.1, 0.15) is 0 Å². The molecular formula is C16H17N5. The monoisotopic (exact) mass is 279 g/mol. The number of nitrogens with one attached hydrogen (secondary N) is 1. The van der Waals surface area contributed by atoms with Gasteiger partial charge in [-0.25, -0.2) is 0 Å². The molecule has 1 aliphatic rings. The number of fused-ring (bicyclic) bond motifs is 1. The first-order valence-corrected chi connectivity index (χ1v) is 7.31. The van der Waals surface area contributed by atoms with Gasteiger partial charge in [-0.15, -0.1) is 10.2 Å². The molecular weight excluding hydrogens is 262 g/mol. The van der Waals surface area contributed by atoms with Gasteiger partial charge in [0.05, 0.1) is 5.69 Å². The van der Waals surface area contributed by atoms with Crippen molar-refractivity contribution in [3.05, 3.63) is 47.8 Å². The van der Waals surface area contributed by atoms with Crippen molar-refractivity contribution in [1.82, 2.24) is 25.1 Å². The van der Waals surface area contributed by atoms with Crippen LogP contribution in [0.1, 0.15) is 23.7 Å². The molecule has 3 heterocycles. The summed E-state index contributed by atoms with van der Waals surface area (Å²) in [5.41, 5.74) is 4.14. The maximum absolute atomic E-state index is 4.74. The minimum Gasteiger partial charge on any atom is -0.316 e. The van der Waals surface area contributed by atoms with Crippen LogP contribution in [0.25, 0.3) is 16.9 Å². The Labute approximate surface area is 123 Å². The van der Waals surface area contributed by atoms with Crippen LogP contribution in [0.5, 0.6) is 0 Å². The van der Waals surface area contributed by atoms with Crippen molar-refractivity contribution in [1.29, 1.82) is 0 Å². The number of hydrogen-bond acceptors (Lipinski definition) is 4. The van der Waals surface area contributed by atoms with E-state index in [-0.39, 0.29) is 0 Å². The molecule has 0 bridgehead atoms. The van der Waals surface area contributed by atoms with Crippen molar-refractivity contribution >= 4 is 5.65 Å². The number of aryl methyl sites for hydroxylation is 1. The summed E-state index contributed by atoms with van der Waals surface area (Å²) in [6.45, 7) is 4.08. The number of hydrogen-bond donors (Lipinski definition) is 1. The van der Waals surface area contributed by atoms with Crippen LogP contribution >= 0.6 is 0 Å². The second-order valence-electron chi connectivity index (χ2n) is 5.60. The Kier molecular flexibility index (Phi) is 2.93. The first-order valence-electron chi connectivity index (χ1n) is 7.31. The highest BCUT2D eigenvalue weighted by atomic mass is 15.4. The Morgan fingerprint density at radius 3 is 2.71 bits per heavy atom. The predicted molar refractivity (Wildman–Crippen MR) is 81.2 cm³/mol. The molecule has 0 radical (unpaired) electrons. The number of aromatic nitrogens is 4. The minimum absolute atomic E-state index is 0.403. The summed E-state index contributed by atoms with van der Waals surface area (Å²) in [7, 11) is 0. The van der Waals surface area contributed by atoms with Gasteiger partial charge in [0.2, 0.25) is 0 Å². The van der Waals surface area contributed by atoms with Crippen molar-refractivity contribution in [2.24, 2.45) is 0 Å². The van der Waals surface area contributed by atoms with Crippen molar-refractivity contribution in [2.75, 3.05) is 13.1 Å². The predicted octanol–water partition coefficient (Wildman–Crippen LogP) is 2.18. The second kappa shape index (κ2) is 4.93. The molecule has 1 fully saturated rings. The van der Waals surface area contributed by atoms with E-state index >= 15 is 0 Å². The first kappa shape index (κ1) is 12.5. The zero-order chi connectivity index (χ0) is 14.2. The topological polar surface area (TPSA) is 55.1 Å². The molecule has 5 nitrogen and oxygen atoms in total. The van der Waals surface area contributed by atoms with Crippen LogP contribution in [0, 0.1) is 6.92 Å². The van der Waals surface area contributed by atoms with Crippen molar-refractivity contribution in [3.8, 4) is 11.3 Å². The van der Waals surface area contributed by atoms with E-state index in [4.69, 9.17) is 5.10 Å². The van der Waals surface area contributed by atoms with Gasteiger partial charge in [-0.3, -0.25) is 0 Å². The van der Waals surface area contributed by atoms with Gasteiger partial charge in [-0.2, -0.15) is 9.61 Å². The third-order valence-corrected chi connectivity index (χ3v) is 4.06. The average molecular weight is 279 g/mol. The highest BCUT2D eigenvalue weighted by Gasteiger charge is 2.22. The van der Waals surface area contributed by atoms with Gasteiger partial charge in [0.15, 0.2) is 11.5 Å². The van der Waals surface area contributed by atoms with Crippen LogP contribution in [0.4, 0.5) is 0 Å². The average Bonchev–Trinajstić information content (AvgIpc) is 3.16. The Bertz CT molecular complexity index is 769. The Balaban J connectivity index is 1.80. The third-order valence-electron chi connectivity index (χ3n) is 4.06. The lowest BCUT2D eigenvalue weighted by Gasteiger charge is -2.07. The summed E-state index contributed by atoms with van der Waals surface area (Å²) in [5, 5.41) is 16.7. The van der Waals surface area contributed by atoms with E-state index in [9.17, 15) is 0 Å². The van der Waals surface area contributed by atoms with Crippen LogP contribution in [0.15, 0.2) is 36.4 Å². The fourth-order valence-electron chi connectivity index (χ4n) is 2.81. The van der Waals surface area contributed by atoms with Crippen LogP contribution in [-0.2, 0) is 0 Å². The number of nitrogens with zero attached hydrogens (tertiary/aromatic N) is 4. The third kappa shape index (κ3) is 2.19. The van der Waals surface area contributed by atoms with Crippen LogP contribution in [0.2, 0.25) is 0 Å². The largest absolute Gasteiger partial charge is 0.316 e. The Morgan fingerprint density at radius 2 is 1.95 bits per heavy atom. The van der Waals surface area contributed by atoms with Gasteiger partial charge in [-0.05, 0) is 32.0 Å². The molecule has 1 saturated heterocycles. The van der Waals surface area contributed by atoms with E-state index in [1.54, 1.807) is 0 Å². The molecule has 4 rings (SSSR count). The molecule has 106 valence electrons. The zero-order valence-corrected chi connectivity index (χ0v) is 12.0. The standard InChI is InChI=1S/C16H17N5/c1-11-2-4-12(5-3-11)14-6-7-15-18-19-16(21(15)20-14)13-8-9-17-10-13/h2-7,13,17H,8-10H2,1H3. The van der Waals surface area contributed by atoms with Gasteiger partial charge in [-0.1, -0.05) is 29.8 Å². The van der Waals surface area contributed by atoms with E-state index in [1.807, 2.05) is 16.6 Å². The quantitative estimate of drug-likeness (QED) is 0.781. The SMILES string of the molecule is Cc1ccc(-c2ccc3nnc(C4CCNC4)n3n2)cc1. The van der Waals surface area contributed by atoms with Gasteiger partial charge in [0.25, 0.3) is 0 Å². The lowest BCUT2D eigenvalue weighted by Crippen LogP contribution is -2.11. The zero-order valence-electron chi connectivity index (χ0n) is 12.0. The molecule has 1 N–H and O–H groups in total. The summed E-state index contributed by atoms with van der Waals surface area (Å²) >= 11 is 0. The Morgan fingerprint density at radius 1 is 1.10 bits per heavy atom. The van der Waals surface area contributed by atoms with Crippen molar-refractivity contribution in [3.63, 3.8) is 0 Å². The highest BCUT2D eigenvalue weighted by molar-refractivity contribution is 5.60. The molecule has 1 aromatic carbocycles. The number of benzene rings is 1. The normalized spacial score (nSPS) is 18.4. The summed E-state index contributed by atoms with van der Waals surface area (Å²) in [6, 6.07) is 12.4. The van der Waals surface area contributed by atoms with E-state index in [0.717, 1.165) is 42.2 Å². The molecule has 0 spiro atoms. The summed E-state index contributed by atoms with van der Waals surface area (Å²) in [4.78, 5) is 0. The highest BCUT2D eigenvalue weighted by Crippen LogP contribution is 2.23. The molecule has 0 aliphatic carbocycles. The molecule has 0 amide bonds. The van der Waals surface area contributed by atoms with E-state index in [2.05, 4.69) is 46.7 Å². The van der Waals surface area contributed by atoms with Gasteiger partial charge >= 0.3 is 0 Å². The molecule has 1 aliphatic heterocycles. The van der Waals surface area contributed by atoms with Crippen LogP contribution in [-0.4, -0.2) is 32.9 Å². The first-order chi connectivity index (χ1) is 10.3. The fraction of sp³-hybridized carbons (Fsp3) is 0.312. The molecule has 2 aromatic heterocycles. The lowest BCUT2D eigenvalue weighted by atomic mass is 10.1. The van der Waals surface area contributed by atoms with Gasteiger partial charge in [0, 0.05) is 18.0 Å². The number of rotatable bonds is 2. The van der Waals surface area contributed by atoms with Gasteiger partial charge < -0.3 is 5.32 Å². The smallest absolute Gasteiger partial charge is 0.177 e. The van der Waals surface area contributed by atoms with Crippen LogP contribution < -0.4 is 5.32 Å². The summed E-state index contributed by atoms with van der Waals surface area (Å²) in [6.07, 6.45) is 1.09. The van der Waals surface area contributed by atoms with E-state index < -0.39 is 0 Å². The second-order valence-corrected chi connectivity index (χ2v) is 5.60. The lowest BCUT2D eigenvalue weighted by molar-refractivity contribution is 0.668. The maximum Gasteiger partial charge on any atom is 0.177 e. The molecule has 5 heteroatoms. The minimum atomic E-state index is 0.403. The van der Waals surface area contributed by atoms with Crippen LogP contribution in [0.3, 0.4) is 0 Å². The Hall–Kier alpha value is -2.27. The summed E-state index contributed by atoms with van der Waals surface area (Å²) in [5.74, 6) is 1.37. The molecule has 21 heavy (non-hydrogen) atoms. The molecule has 1 atom stereocenters. The van der Waals surface area contributed by atoms with Crippen molar-refractivity contribution < 1.29 is 0 Å². The summed E-state index contributed by atoms with van der Waals surface area (Å²) < 4.78 is 1.90. The maximum atomic E-state index is 4.74.